The average Bonchev–Trinajstić information content (AvgIpc) is 2.78. The molecule has 0 aliphatic heterocycles. The van der Waals surface area contributed by atoms with Crippen LogP contribution in [-0.2, 0) is 17.1 Å². The number of aryl methyl sites for hydroxylation is 2. The van der Waals surface area contributed by atoms with Crippen molar-refractivity contribution in [3.63, 3.8) is 0 Å². The summed E-state index contributed by atoms with van der Waals surface area (Å²) in [5.74, 6) is 1.00. The minimum atomic E-state index is -3.72. The summed E-state index contributed by atoms with van der Waals surface area (Å²) >= 11 is 0. The van der Waals surface area contributed by atoms with E-state index in [9.17, 15) is 8.42 Å². The quantitative estimate of drug-likeness (QED) is 0.831. The Labute approximate surface area is 136 Å². The minimum absolute atomic E-state index is 0.220. The Bertz CT molecular complexity index is 827. The molecule has 1 aromatic carbocycles. The number of sulfonamides is 1. The van der Waals surface area contributed by atoms with E-state index >= 15 is 0 Å². The van der Waals surface area contributed by atoms with Crippen LogP contribution < -0.4 is 13.8 Å². The molecule has 0 spiro atoms. The van der Waals surface area contributed by atoms with Gasteiger partial charge in [0.15, 0.2) is 11.5 Å². The van der Waals surface area contributed by atoms with Gasteiger partial charge in [-0.3, -0.25) is 8.99 Å². The maximum atomic E-state index is 12.9. The lowest BCUT2D eigenvalue weighted by Gasteiger charge is -2.21. The molecule has 1 aromatic heterocycles. The number of methoxy groups -OCH3 is 2. The van der Waals surface area contributed by atoms with Crippen molar-refractivity contribution in [2.24, 2.45) is 7.05 Å². The Morgan fingerprint density at radius 2 is 1.74 bits per heavy atom. The first kappa shape index (κ1) is 17.1. The number of rotatable bonds is 5. The van der Waals surface area contributed by atoms with Crippen molar-refractivity contribution < 1.29 is 17.9 Å². The minimum Gasteiger partial charge on any atom is -0.493 e. The SMILES string of the molecule is COc1ccc(N(C)S(=O)(=O)c2c(C)nn(C)c2C)cc1OC. The molecular weight excluding hydrogens is 318 g/mol. The first-order valence-corrected chi connectivity index (χ1v) is 8.39. The van der Waals surface area contributed by atoms with Gasteiger partial charge in [0.1, 0.15) is 4.90 Å². The second-order valence-electron chi connectivity index (χ2n) is 5.14. The molecule has 0 saturated carbocycles. The fraction of sp³-hybridized carbons (Fsp3) is 0.400. The number of aromatic nitrogens is 2. The number of anilines is 1. The third kappa shape index (κ3) is 2.86. The summed E-state index contributed by atoms with van der Waals surface area (Å²) in [6, 6.07) is 4.96. The number of hydrogen-bond acceptors (Lipinski definition) is 5. The van der Waals surface area contributed by atoms with E-state index in [2.05, 4.69) is 5.10 Å². The third-order valence-electron chi connectivity index (χ3n) is 3.79. The van der Waals surface area contributed by atoms with Crippen LogP contribution in [-0.4, -0.2) is 39.5 Å². The highest BCUT2D eigenvalue weighted by atomic mass is 32.2. The molecule has 0 amide bonds. The maximum Gasteiger partial charge on any atom is 0.267 e. The van der Waals surface area contributed by atoms with Gasteiger partial charge in [0, 0.05) is 20.2 Å². The summed E-state index contributed by atoms with van der Waals surface area (Å²) in [5, 5.41) is 4.18. The topological polar surface area (TPSA) is 73.7 Å². The van der Waals surface area contributed by atoms with Crippen LogP contribution in [0.3, 0.4) is 0 Å². The summed E-state index contributed by atoms with van der Waals surface area (Å²) in [6.45, 7) is 3.41. The van der Waals surface area contributed by atoms with Crippen molar-refractivity contribution in [3.8, 4) is 11.5 Å². The van der Waals surface area contributed by atoms with E-state index in [0.717, 1.165) is 0 Å². The zero-order valence-corrected chi connectivity index (χ0v) is 14.9. The summed E-state index contributed by atoms with van der Waals surface area (Å²) in [4.78, 5) is 0.220. The molecule has 1 heterocycles. The highest BCUT2D eigenvalue weighted by molar-refractivity contribution is 7.92. The summed E-state index contributed by atoms with van der Waals surface area (Å²) in [7, 11) is 2.53. The van der Waals surface area contributed by atoms with Crippen LogP contribution in [0.1, 0.15) is 11.4 Å². The first-order chi connectivity index (χ1) is 10.7. The van der Waals surface area contributed by atoms with Crippen LogP contribution in [0.4, 0.5) is 5.69 Å². The average molecular weight is 339 g/mol. The molecule has 23 heavy (non-hydrogen) atoms. The number of benzene rings is 1. The Morgan fingerprint density at radius 3 is 2.22 bits per heavy atom. The molecule has 0 aliphatic carbocycles. The van der Waals surface area contributed by atoms with E-state index in [1.807, 2.05) is 0 Å². The van der Waals surface area contributed by atoms with Gasteiger partial charge >= 0.3 is 0 Å². The van der Waals surface area contributed by atoms with Crippen molar-refractivity contribution in [1.82, 2.24) is 9.78 Å². The molecule has 2 aromatic rings. The van der Waals surface area contributed by atoms with Gasteiger partial charge in [0.05, 0.1) is 31.3 Å². The molecule has 8 heteroatoms. The lowest BCUT2D eigenvalue weighted by molar-refractivity contribution is 0.355. The van der Waals surface area contributed by atoms with E-state index in [-0.39, 0.29) is 4.90 Å². The van der Waals surface area contributed by atoms with Gasteiger partial charge in [-0.1, -0.05) is 0 Å². The van der Waals surface area contributed by atoms with Gasteiger partial charge in [-0.15, -0.1) is 0 Å². The Hall–Kier alpha value is -2.22. The van der Waals surface area contributed by atoms with Gasteiger partial charge in [-0.05, 0) is 26.0 Å². The molecule has 0 fully saturated rings. The molecule has 0 atom stereocenters. The van der Waals surface area contributed by atoms with Crippen LogP contribution in [0.5, 0.6) is 11.5 Å². The van der Waals surface area contributed by atoms with E-state index in [1.54, 1.807) is 43.8 Å². The summed E-state index contributed by atoms with van der Waals surface area (Å²) < 4.78 is 39.1. The predicted octanol–water partition coefficient (Wildman–Crippen LogP) is 1.88. The van der Waals surface area contributed by atoms with Crippen LogP contribution in [0.25, 0.3) is 0 Å². The van der Waals surface area contributed by atoms with Gasteiger partial charge in [-0.2, -0.15) is 5.10 Å². The number of hydrogen-bond donors (Lipinski definition) is 0. The molecule has 0 bridgehead atoms. The van der Waals surface area contributed by atoms with E-state index in [4.69, 9.17) is 9.47 Å². The van der Waals surface area contributed by atoms with Crippen molar-refractivity contribution >= 4 is 15.7 Å². The molecule has 2 rings (SSSR count). The van der Waals surface area contributed by atoms with E-state index in [0.29, 0.717) is 28.6 Å². The summed E-state index contributed by atoms with van der Waals surface area (Å²) in [5.41, 5.74) is 1.54. The standard InChI is InChI=1S/C15H21N3O4S/c1-10-15(11(2)17(3)16-10)23(19,20)18(4)12-7-8-13(21-5)14(9-12)22-6/h7-9H,1-6H3. The first-order valence-electron chi connectivity index (χ1n) is 6.95. The molecule has 0 aliphatic rings. The molecular formula is C15H21N3O4S. The fourth-order valence-electron chi connectivity index (χ4n) is 2.42. The van der Waals surface area contributed by atoms with Crippen molar-refractivity contribution in [3.05, 3.63) is 29.6 Å². The number of nitrogens with zero attached hydrogens (tertiary/aromatic N) is 3. The predicted molar refractivity (Wildman–Crippen MR) is 87.8 cm³/mol. The van der Waals surface area contributed by atoms with Gasteiger partial charge in [-0.25, -0.2) is 8.42 Å². The van der Waals surface area contributed by atoms with Crippen molar-refractivity contribution in [2.75, 3.05) is 25.6 Å². The monoisotopic (exact) mass is 339 g/mol. The van der Waals surface area contributed by atoms with Crippen molar-refractivity contribution in [2.45, 2.75) is 18.7 Å². The molecule has 0 N–H and O–H groups in total. The summed E-state index contributed by atoms with van der Waals surface area (Å²) in [6.07, 6.45) is 0. The molecule has 0 unspecified atom stereocenters. The molecule has 7 nitrogen and oxygen atoms in total. The lowest BCUT2D eigenvalue weighted by atomic mass is 10.3. The maximum absolute atomic E-state index is 12.9. The van der Waals surface area contributed by atoms with Crippen molar-refractivity contribution in [1.29, 1.82) is 0 Å². The zero-order valence-electron chi connectivity index (χ0n) is 14.1. The van der Waals surface area contributed by atoms with Crippen LogP contribution in [0, 0.1) is 13.8 Å². The smallest absolute Gasteiger partial charge is 0.267 e. The molecule has 0 saturated heterocycles. The molecule has 126 valence electrons. The fourth-order valence-corrected chi connectivity index (χ4v) is 4.01. The van der Waals surface area contributed by atoms with E-state index in [1.165, 1.54) is 25.6 Å². The Balaban J connectivity index is 2.53. The number of ether oxygens (including phenoxy) is 2. The lowest BCUT2D eigenvalue weighted by Crippen LogP contribution is -2.27. The zero-order chi connectivity index (χ0) is 17.4. The highest BCUT2D eigenvalue weighted by Crippen LogP contribution is 2.33. The van der Waals surface area contributed by atoms with Crippen LogP contribution in [0.15, 0.2) is 23.1 Å². The normalized spacial score (nSPS) is 11.4. The van der Waals surface area contributed by atoms with Crippen LogP contribution >= 0.6 is 0 Å². The van der Waals surface area contributed by atoms with Crippen LogP contribution in [0.2, 0.25) is 0 Å². The Morgan fingerprint density at radius 1 is 1.13 bits per heavy atom. The van der Waals surface area contributed by atoms with Gasteiger partial charge in [0.25, 0.3) is 10.0 Å². The van der Waals surface area contributed by atoms with E-state index < -0.39 is 10.0 Å². The largest absolute Gasteiger partial charge is 0.493 e. The molecule has 0 radical (unpaired) electrons. The highest BCUT2D eigenvalue weighted by Gasteiger charge is 2.29. The van der Waals surface area contributed by atoms with Gasteiger partial charge in [0.2, 0.25) is 0 Å². The second kappa shape index (κ2) is 6.11. The Kier molecular flexibility index (Phi) is 4.56. The third-order valence-corrected chi connectivity index (χ3v) is 5.83. The van der Waals surface area contributed by atoms with Gasteiger partial charge < -0.3 is 9.47 Å². The second-order valence-corrected chi connectivity index (χ2v) is 7.04.